The molecule has 0 spiro atoms. The van der Waals surface area contributed by atoms with Crippen LogP contribution in [0, 0.1) is 0 Å². The second kappa shape index (κ2) is 8.85. The Morgan fingerprint density at radius 3 is 2.28 bits per heavy atom. The number of hydrogen-bond donors (Lipinski definition) is 0. The van der Waals surface area contributed by atoms with Crippen molar-refractivity contribution in [2.45, 2.75) is 12.3 Å². The van der Waals surface area contributed by atoms with Crippen LogP contribution in [0.5, 0.6) is 5.75 Å². The summed E-state index contributed by atoms with van der Waals surface area (Å²) >= 11 is 6.19. The molecule has 0 aliphatic carbocycles. The number of fused-ring (bicyclic) bond motifs is 3. The second-order valence-electron chi connectivity index (χ2n) is 8.94. The molecule has 5 nitrogen and oxygen atoms in total. The number of carbonyl (C=O) groups excluding carboxylic acids is 2. The molecule has 6 rings (SSSR count). The highest BCUT2D eigenvalue weighted by atomic mass is 35.5. The Kier molecular flexibility index (Phi) is 5.50. The van der Waals surface area contributed by atoms with Gasteiger partial charge in [-0.3, -0.25) is 9.59 Å². The smallest absolute Gasteiger partial charge is 0.256 e. The summed E-state index contributed by atoms with van der Waals surface area (Å²) in [4.78, 5) is 31.0. The van der Waals surface area contributed by atoms with Crippen molar-refractivity contribution in [2.24, 2.45) is 0 Å². The molecule has 2 aliphatic rings. The molecule has 4 aromatic rings. The van der Waals surface area contributed by atoms with Crippen LogP contribution in [-0.4, -0.2) is 34.7 Å². The molecule has 1 saturated heterocycles. The van der Waals surface area contributed by atoms with Gasteiger partial charge in [0.25, 0.3) is 11.8 Å². The summed E-state index contributed by atoms with van der Waals surface area (Å²) in [7, 11) is 0. The average Bonchev–Trinajstić information content (AvgIpc) is 3.44. The van der Waals surface area contributed by atoms with Gasteiger partial charge in [-0.25, -0.2) is 0 Å². The molecule has 0 aromatic heterocycles. The fourth-order valence-corrected chi connectivity index (χ4v) is 5.44. The third-order valence-corrected chi connectivity index (χ3v) is 7.20. The Balaban J connectivity index is 1.35. The highest BCUT2D eigenvalue weighted by Crippen LogP contribution is 2.50. The molecule has 1 atom stereocenters. The van der Waals surface area contributed by atoms with Crippen molar-refractivity contribution in [3.63, 3.8) is 0 Å². The predicted octanol–water partition coefficient (Wildman–Crippen LogP) is 5.73. The van der Waals surface area contributed by atoms with Crippen molar-refractivity contribution in [1.29, 1.82) is 0 Å². The van der Waals surface area contributed by atoms with E-state index in [4.69, 9.17) is 16.3 Å². The molecular formula is C30H23ClN2O3. The van der Waals surface area contributed by atoms with E-state index in [1.54, 1.807) is 34.1 Å². The standard InChI is InChI=1S/C30H23ClN2O3/c31-24-14-12-23(13-15-24)30-27-9-5-4-8-26(27)29(35)33(30)19-18-32(30)28(34)22-10-16-25(17-11-22)36-20-21-6-2-1-3-7-21/h1-17H,18-20H2. The summed E-state index contributed by atoms with van der Waals surface area (Å²) in [5.41, 5.74) is 2.86. The van der Waals surface area contributed by atoms with Crippen molar-refractivity contribution >= 4 is 23.4 Å². The number of halogens is 1. The van der Waals surface area contributed by atoms with E-state index in [9.17, 15) is 9.59 Å². The number of carbonyl (C=O) groups is 2. The van der Waals surface area contributed by atoms with Crippen LogP contribution in [0.15, 0.2) is 103 Å². The molecule has 6 heteroatoms. The lowest BCUT2D eigenvalue weighted by atomic mass is 9.89. The molecule has 4 aromatic carbocycles. The van der Waals surface area contributed by atoms with Crippen LogP contribution in [0.2, 0.25) is 5.02 Å². The molecule has 2 aliphatic heterocycles. The lowest BCUT2D eigenvalue weighted by Gasteiger charge is -2.40. The van der Waals surface area contributed by atoms with Crippen molar-refractivity contribution in [1.82, 2.24) is 9.80 Å². The molecule has 0 N–H and O–H groups in total. The molecule has 2 heterocycles. The molecule has 36 heavy (non-hydrogen) atoms. The van der Waals surface area contributed by atoms with Crippen LogP contribution < -0.4 is 4.74 Å². The van der Waals surface area contributed by atoms with Gasteiger partial charge in [-0.05, 0) is 48.0 Å². The largest absolute Gasteiger partial charge is 0.489 e. The first-order valence-electron chi connectivity index (χ1n) is 11.9. The zero-order valence-electron chi connectivity index (χ0n) is 19.4. The lowest BCUT2D eigenvalue weighted by Crippen LogP contribution is -2.51. The zero-order valence-corrected chi connectivity index (χ0v) is 20.2. The molecule has 0 radical (unpaired) electrons. The number of nitrogens with zero attached hydrogens (tertiary/aromatic N) is 2. The van der Waals surface area contributed by atoms with Gasteiger partial charge in [-0.15, -0.1) is 0 Å². The number of benzene rings is 4. The highest BCUT2D eigenvalue weighted by molar-refractivity contribution is 6.30. The van der Waals surface area contributed by atoms with Crippen LogP contribution in [0.1, 0.15) is 37.4 Å². The second-order valence-corrected chi connectivity index (χ2v) is 9.37. The maximum absolute atomic E-state index is 14.0. The fraction of sp³-hybridized carbons (Fsp3) is 0.133. The Morgan fingerprint density at radius 1 is 0.833 bits per heavy atom. The van der Waals surface area contributed by atoms with Gasteiger partial charge in [0.15, 0.2) is 5.66 Å². The molecule has 0 bridgehead atoms. The Hall–Kier alpha value is -4.09. The number of rotatable bonds is 5. The Morgan fingerprint density at radius 2 is 1.53 bits per heavy atom. The summed E-state index contributed by atoms with van der Waals surface area (Å²) in [5, 5.41) is 0.598. The van der Waals surface area contributed by atoms with Crippen molar-refractivity contribution < 1.29 is 14.3 Å². The number of hydrogen-bond acceptors (Lipinski definition) is 3. The van der Waals surface area contributed by atoms with Gasteiger partial charge in [0, 0.05) is 40.4 Å². The minimum atomic E-state index is -1.02. The van der Waals surface area contributed by atoms with Crippen LogP contribution in [0.4, 0.5) is 0 Å². The minimum Gasteiger partial charge on any atom is -0.489 e. The van der Waals surface area contributed by atoms with Crippen molar-refractivity contribution in [2.75, 3.05) is 13.1 Å². The van der Waals surface area contributed by atoms with Gasteiger partial charge in [0.05, 0.1) is 0 Å². The maximum atomic E-state index is 14.0. The van der Waals surface area contributed by atoms with Crippen LogP contribution in [-0.2, 0) is 12.3 Å². The third kappa shape index (κ3) is 3.47. The van der Waals surface area contributed by atoms with Gasteiger partial charge in [0.2, 0.25) is 0 Å². The summed E-state index contributed by atoms with van der Waals surface area (Å²) in [6.07, 6.45) is 0. The fourth-order valence-electron chi connectivity index (χ4n) is 5.32. The van der Waals surface area contributed by atoms with Crippen molar-refractivity contribution in [3.05, 3.63) is 136 Å². The SMILES string of the molecule is O=C(c1ccc(OCc2ccccc2)cc1)N1CCN2C(=O)c3ccccc3C12c1ccc(Cl)cc1. The molecule has 0 saturated carbocycles. The maximum Gasteiger partial charge on any atom is 0.256 e. The summed E-state index contributed by atoms with van der Waals surface area (Å²) < 4.78 is 5.89. The summed E-state index contributed by atoms with van der Waals surface area (Å²) in [5.74, 6) is 0.472. The minimum absolute atomic E-state index is 0.0690. The Labute approximate surface area is 214 Å². The van der Waals surface area contributed by atoms with Gasteiger partial charge in [-0.2, -0.15) is 0 Å². The van der Waals surface area contributed by atoms with E-state index in [-0.39, 0.29) is 11.8 Å². The molecule has 1 fully saturated rings. The lowest BCUT2D eigenvalue weighted by molar-refractivity contribution is 0.0375. The molecule has 1 unspecified atom stereocenters. The van der Waals surface area contributed by atoms with E-state index in [1.807, 2.05) is 78.9 Å². The van der Waals surface area contributed by atoms with Gasteiger partial charge in [-0.1, -0.05) is 72.3 Å². The van der Waals surface area contributed by atoms with Gasteiger partial charge < -0.3 is 14.5 Å². The Bertz CT molecular complexity index is 1440. The summed E-state index contributed by atoms with van der Waals surface area (Å²) in [6, 6.07) is 32.1. The monoisotopic (exact) mass is 494 g/mol. The molecule has 2 amide bonds. The van der Waals surface area contributed by atoms with E-state index in [0.29, 0.717) is 41.6 Å². The number of amides is 2. The predicted molar refractivity (Wildman–Crippen MR) is 138 cm³/mol. The van der Waals surface area contributed by atoms with Crippen molar-refractivity contribution in [3.8, 4) is 5.75 Å². The quantitative estimate of drug-likeness (QED) is 0.356. The van der Waals surface area contributed by atoms with Crippen LogP contribution in [0.3, 0.4) is 0 Å². The topological polar surface area (TPSA) is 49.9 Å². The zero-order chi connectivity index (χ0) is 24.7. The first-order chi connectivity index (χ1) is 17.6. The highest BCUT2D eigenvalue weighted by Gasteiger charge is 2.59. The third-order valence-electron chi connectivity index (χ3n) is 6.95. The first kappa shape index (κ1) is 22.4. The van der Waals surface area contributed by atoms with Crippen LogP contribution >= 0.6 is 11.6 Å². The van der Waals surface area contributed by atoms with Gasteiger partial charge in [0.1, 0.15) is 12.4 Å². The van der Waals surface area contributed by atoms with E-state index >= 15 is 0 Å². The van der Waals surface area contributed by atoms with E-state index < -0.39 is 5.66 Å². The normalized spacial score (nSPS) is 18.2. The van der Waals surface area contributed by atoms with Gasteiger partial charge >= 0.3 is 0 Å². The number of ether oxygens (including phenoxy) is 1. The van der Waals surface area contributed by atoms with E-state index in [1.165, 1.54) is 0 Å². The first-order valence-corrected chi connectivity index (χ1v) is 12.2. The van der Waals surface area contributed by atoms with E-state index in [2.05, 4.69) is 0 Å². The summed E-state index contributed by atoms with van der Waals surface area (Å²) in [6.45, 7) is 1.32. The van der Waals surface area contributed by atoms with Crippen LogP contribution in [0.25, 0.3) is 0 Å². The molecule has 178 valence electrons. The molecular weight excluding hydrogens is 472 g/mol. The average molecular weight is 495 g/mol. The van der Waals surface area contributed by atoms with E-state index in [0.717, 1.165) is 16.7 Å².